The van der Waals surface area contributed by atoms with Crippen molar-refractivity contribution in [2.45, 2.75) is 26.1 Å². The summed E-state index contributed by atoms with van der Waals surface area (Å²) in [7, 11) is 0. The van der Waals surface area contributed by atoms with Crippen molar-refractivity contribution in [1.29, 1.82) is 0 Å². The van der Waals surface area contributed by atoms with Crippen LogP contribution in [0.15, 0.2) is 78.4 Å². The van der Waals surface area contributed by atoms with E-state index < -0.39 is 23.7 Å². The van der Waals surface area contributed by atoms with Crippen molar-refractivity contribution in [3.8, 4) is 17.5 Å². The van der Waals surface area contributed by atoms with Crippen molar-refractivity contribution in [3.63, 3.8) is 0 Å². The van der Waals surface area contributed by atoms with E-state index in [1.54, 1.807) is 62.5 Å². The summed E-state index contributed by atoms with van der Waals surface area (Å²) in [4.78, 5) is 31.3. The van der Waals surface area contributed by atoms with E-state index in [0.717, 1.165) is 0 Å². The third-order valence-corrected chi connectivity index (χ3v) is 5.78. The number of halogens is 3. The molecule has 1 aromatic carbocycles. The molecular weight excluding hydrogens is 509 g/mol. The van der Waals surface area contributed by atoms with Crippen molar-refractivity contribution < 1.29 is 18.0 Å². The first-order chi connectivity index (χ1) is 18.5. The molecular formula is C28H23F3N6O2. The van der Waals surface area contributed by atoms with Gasteiger partial charge in [0.1, 0.15) is 5.56 Å². The van der Waals surface area contributed by atoms with Gasteiger partial charge in [0.25, 0.3) is 11.5 Å². The molecule has 0 spiro atoms. The van der Waals surface area contributed by atoms with Crippen molar-refractivity contribution in [3.05, 3.63) is 106 Å². The lowest BCUT2D eigenvalue weighted by atomic mass is 9.99. The normalized spacial score (nSPS) is 12.5. The van der Waals surface area contributed by atoms with E-state index in [1.807, 2.05) is 0 Å². The lowest BCUT2D eigenvalue weighted by Gasteiger charge is -2.22. The Morgan fingerprint density at radius 1 is 1.21 bits per heavy atom. The maximum absolute atomic E-state index is 13.9. The van der Waals surface area contributed by atoms with Crippen LogP contribution >= 0.6 is 0 Å². The second-order valence-corrected chi connectivity index (χ2v) is 8.51. The molecule has 4 aromatic rings. The van der Waals surface area contributed by atoms with Gasteiger partial charge in [-0.1, -0.05) is 36.8 Å². The third kappa shape index (κ3) is 5.60. The number of nitrogens with two attached hydrogens (primary N) is 1. The Balaban J connectivity index is 1.86. The number of anilines is 1. The lowest BCUT2D eigenvalue weighted by Crippen LogP contribution is -2.33. The fraction of sp³-hybridized carbons (Fsp3) is 0.143. The topological polar surface area (TPSA) is 107 Å². The fourth-order valence-corrected chi connectivity index (χ4v) is 4.15. The number of rotatable bonds is 6. The number of nitrogen functional groups attached to an aromatic ring is 1. The molecule has 0 bridgehead atoms. The summed E-state index contributed by atoms with van der Waals surface area (Å²) in [6, 6.07) is 11.0. The molecule has 3 aromatic heterocycles. The van der Waals surface area contributed by atoms with Crippen LogP contribution in [0.3, 0.4) is 0 Å². The molecule has 0 aliphatic heterocycles. The summed E-state index contributed by atoms with van der Waals surface area (Å²) in [6.07, 6.45) is 0.868. The number of para-hydroxylation sites is 1. The quantitative estimate of drug-likeness (QED) is 0.283. The minimum Gasteiger partial charge on any atom is -0.381 e. The van der Waals surface area contributed by atoms with Crippen LogP contribution in [0, 0.1) is 18.8 Å². The maximum atomic E-state index is 13.9. The molecule has 8 nitrogen and oxygen atoms in total. The number of benzene rings is 1. The van der Waals surface area contributed by atoms with Crippen LogP contribution in [0.5, 0.6) is 0 Å². The van der Waals surface area contributed by atoms with Gasteiger partial charge in [-0.2, -0.15) is 13.2 Å². The summed E-state index contributed by atoms with van der Waals surface area (Å²) in [6.45, 7) is 6.80. The van der Waals surface area contributed by atoms with Crippen LogP contribution in [0.4, 0.5) is 19.0 Å². The van der Waals surface area contributed by atoms with Gasteiger partial charge >= 0.3 is 6.18 Å². The summed E-state index contributed by atoms with van der Waals surface area (Å²) >= 11 is 0. The standard InChI is InChI=1S/C28H23F3N6O2/c1-4-9-19(12-13-28(29,30)31)22-17(2)16-21(37(27(22)39)20-10-6-5-7-11-20)18(3)34-26(38)23-24(32)35-36-15-8-14-33-25(23)36/h4-11,14-16,18H,1H2,2-3H3,(H2,32,35)(H,34,38)/b19-9-. The van der Waals surface area contributed by atoms with Gasteiger partial charge in [-0.05, 0) is 49.8 Å². The Morgan fingerprint density at radius 3 is 2.59 bits per heavy atom. The molecule has 39 heavy (non-hydrogen) atoms. The van der Waals surface area contributed by atoms with E-state index in [2.05, 4.69) is 27.9 Å². The van der Waals surface area contributed by atoms with E-state index in [1.165, 1.54) is 33.4 Å². The molecule has 198 valence electrons. The van der Waals surface area contributed by atoms with E-state index in [4.69, 9.17) is 5.73 Å². The Labute approximate surface area is 221 Å². The smallest absolute Gasteiger partial charge is 0.381 e. The molecule has 11 heteroatoms. The number of carbonyl (C=O) groups excluding carboxylic acids is 1. The highest BCUT2D eigenvalue weighted by molar-refractivity contribution is 6.04. The van der Waals surface area contributed by atoms with E-state index in [0.29, 0.717) is 16.9 Å². The Morgan fingerprint density at radius 2 is 1.92 bits per heavy atom. The van der Waals surface area contributed by atoms with Crippen LogP contribution in [0.25, 0.3) is 16.9 Å². The number of carbonyl (C=O) groups is 1. The van der Waals surface area contributed by atoms with E-state index >= 15 is 0 Å². The van der Waals surface area contributed by atoms with E-state index in [-0.39, 0.29) is 28.2 Å². The van der Waals surface area contributed by atoms with Gasteiger partial charge in [0.15, 0.2) is 11.5 Å². The number of nitrogens with zero attached hydrogens (tertiary/aromatic N) is 4. The highest BCUT2D eigenvalue weighted by Crippen LogP contribution is 2.25. The zero-order valence-corrected chi connectivity index (χ0v) is 21.0. The number of amides is 1. The number of allylic oxidation sites excluding steroid dienone is 3. The zero-order valence-electron chi connectivity index (χ0n) is 21.0. The molecule has 3 N–H and O–H groups in total. The van der Waals surface area contributed by atoms with Crippen LogP contribution in [0.1, 0.15) is 40.1 Å². The summed E-state index contributed by atoms with van der Waals surface area (Å²) in [5.41, 5.74) is 6.74. The number of nitrogens with one attached hydrogen (secondary N) is 1. The Hall–Kier alpha value is -5.11. The number of pyridine rings is 1. The molecule has 0 aliphatic carbocycles. The van der Waals surface area contributed by atoms with Gasteiger partial charge in [-0.15, -0.1) is 5.10 Å². The molecule has 1 unspecified atom stereocenters. The predicted octanol–water partition coefficient (Wildman–Crippen LogP) is 4.40. The molecule has 0 aliphatic rings. The van der Waals surface area contributed by atoms with Crippen LogP contribution in [0.2, 0.25) is 0 Å². The number of aromatic nitrogens is 4. The highest BCUT2D eigenvalue weighted by Gasteiger charge is 2.26. The lowest BCUT2D eigenvalue weighted by molar-refractivity contribution is -0.0696. The zero-order chi connectivity index (χ0) is 28.3. The minimum atomic E-state index is -4.75. The number of hydrogen-bond acceptors (Lipinski definition) is 5. The Kier molecular flexibility index (Phi) is 7.40. The third-order valence-electron chi connectivity index (χ3n) is 5.78. The van der Waals surface area contributed by atoms with Crippen molar-refractivity contribution in [2.24, 2.45) is 0 Å². The average Bonchev–Trinajstić information content (AvgIpc) is 3.22. The molecule has 0 saturated heterocycles. The average molecular weight is 533 g/mol. The highest BCUT2D eigenvalue weighted by atomic mass is 19.4. The van der Waals surface area contributed by atoms with Gasteiger partial charge in [-0.3, -0.25) is 14.2 Å². The predicted molar refractivity (Wildman–Crippen MR) is 142 cm³/mol. The van der Waals surface area contributed by atoms with Gasteiger partial charge in [0.05, 0.1) is 11.6 Å². The first-order valence-corrected chi connectivity index (χ1v) is 11.7. The van der Waals surface area contributed by atoms with Gasteiger partial charge in [0, 0.05) is 35.3 Å². The monoisotopic (exact) mass is 532 g/mol. The van der Waals surface area contributed by atoms with Crippen molar-refractivity contribution >= 4 is 22.9 Å². The molecule has 3 heterocycles. The van der Waals surface area contributed by atoms with Crippen LogP contribution in [-0.2, 0) is 0 Å². The van der Waals surface area contributed by atoms with Gasteiger partial charge in [0.2, 0.25) is 0 Å². The van der Waals surface area contributed by atoms with Crippen molar-refractivity contribution in [2.75, 3.05) is 5.73 Å². The van der Waals surface area contributed by atoms with Crippen LogP contribution in [-0.4, -0.2) is 31.2 Å². The number of alkyl halides is 3. The number of fused-ring (bicyclic) bond motifs is 1. The summed E-state index contributed by atoms with van der Waals surface area (Å²) in [5, 5.41) is 6.93. The summed E-state index contributed by atoms with van der Waals surface area (Å²) in [5.74, 6) is 2.70. The molecule has 0 saturated carbocycles. The SMILES string of the molecule is C=C/C=C(/C#CC(F)(F)F)c1c(C)cc(C(C)NC(=O)c2c(N)nn3cccnc23)n(-c2ccccc2)c1=O. The molecule has 1 atom stereocenters. The molecule has 1 amide bonds. The largest absolute Gasteiger partial charge is 0.458 e. The number of aryl methyl sites for hydroxylation is 1. The van der Waals surface area contributed by atoms with Crippen LogP contribution < -0.4 is 16.6 Å². The van der Waals surface area contributed by atoms with Gasteiger partial charge < -0.3 is 11.1 Å². The minimum absolute atomic E-state index is 0.0196. The Bertz CT molecular complexity index is 1720. The first-order valence-electron chi connectivity index (χ1n) is 11.7. The summed E-state index contributed by atoms with van der Waals surface area (Å²) < 4.78 is 41.4. The maximum Gasteiger partial charge on any atom is 0.458 e. The second-order valence-electron chi connectivity index (χ2n) is 8.51. The fourth-order valence-electron chi connectivity index (χ4n) is 4.15. The van der Waals surface area contributed by atoms with Gasteiger partial charge in [-0.25, -0.2) is 9.50 Å². The first kappa shape index (κ1) is 26.9. The second kappa shape index (κ2) is 10.7. The van der Waals surface area contributed by atoms with E-state index in [9.17, 15) is 22.8 Å². The van der Waals surface area contributed by atoms with Crippen molar-refractivity contribution in [1.82, 2.24) is 24.5 Å². The molecule has 0 radical (unpaired) electrons. The molecule has 0 fully saturated rings. The molecule has 4 rings (SSSR count). The number of hydrogen-bond donors (Lipinski definition) is 2.